The van der Waals surface area contributed by atoms with Gasteiger partial charge in [0.15, 0.2) is 0 Å². The van der Waals surface area contributed by atoms with Gasteiger partial charge in [-0.1, -0.05) is 23.7 Å². The van der Waals surface area contributed by atoms with Crippen LogP contribution in [0.15, 0.2) is 24.3 Å². The van der Waals surface area contributed by atoms with E-state index in [2.05, 4.69) is 17.0 Å². The first-order chi connectivity index (χ1) is 10.1. The molecule has 3 rings (SSSR count). The van der Waals surface area contributed by atoms with Crippen LogP contribution < -0.4 is 0 Å². The zero-order valence-electron chi connectivity index (χ0n) is 12.6. The Morgan fingerprint density at radius 3 is 2.38 bits per heavy atom. The highest BCUT2D eigenvalue weighted by Gasteiger charge is 2.35. The first-order valence-electron chi connectivity index (χ1n) is 7.87. The topological polar surface area (TPSA) is 23.6 Å². The number of benzene rings is 1. The van der Waals surface area contributed by atoms with Gasteiger partial charge in [0.2, 0.25) is 5.91 Å². The van der Waals surface area contributed by atoms with Crippen molar-refractivity contribution < 1.29 is 4.79 Å². The fourth-order valence-electron chi connectivity index (χ4n) is 3.11. The van der Waals surface area contributed by atoms with E-state index in [1.54, 1.807) is 0 Å². The molecule has 0 unspecified atom stereocenters. The number of likely N-dealkylation sites (tertiary alicyclic amines) is 1. The lowest BCUT2D eigenvalue weighted by molar-refractivity contribution is -0.134. The second-order valence-corrected chi connectivity index (χ2v) is 6.79. The van der Waals surface area contributed by atoms with E-state index in [4.69, 9.17) is 11.6 Å². The lowest BCUT2D eigenvalue weighted by Gasteiger charge is -2.37. The highest BCUT2D eigenvalue weighted by Crippen LogP contribution is 2.32. The lowest BCUT2D eigenvalue weighted by Crippen LogP contribution is -2.45. The predicted molar refractivity (Wildman–Crippen MR) is 85.2 cm³/mol. The Kier molecular flexibility index (Phi) is 4.51. The molecular formula is C17H23ClN2O. The van der Waals surface area contributed by atoms with E-state index in [1.807, 2.05) is 24.1 Å². The number of hydrogen-bond donors (Lipinski definition) is 0. The molecule has 1 aliphatic carbocycles. The molecule has 1 saturated heterocycles. The molecule has 4 heteroatoms. The first kappa shape index (κ1) is 14.9. The quantitative estimate of drug-likeness (QED) is 0.853. The van der Waals surface area contributed by atoms with Crippen LogP contribution in [0.25, 0.3) is 0 Å². The van der Waals surface area contributed by atoms with Gasteiger partial charge in [-0.25, -0.2) is 0 Å². The van der Waals surface area contributed by atoms with E-state index in [1.165, 1.54) is 5.56 Å². The van der Waals surface area contributed by atoms with Crippen molar-refractivity contribution in [1.29, 1.82) is 0 Å². The molecular weight excluding hydrogens is 284 g/mol. The highest BCUT2D eigenvalue weighted by molar-refractivity contribution is 6.30. The van der Waals surface area contributed by atoms with Crippen molar-refractivity contribution in [2.24, 2.45) is 5.92 Å². The summed E-state index contributed by atoms with van der Waals surface area (Å²) < 4.78 is 0. The predicted octanol–water partition coefficient (Wildman–Crippen LogP) is 3.17. The number of hydrogen-bond acceptors (Lipinski definition) is 2. The summed E-state index contributed by atoms with van der Waals surface area (Å²) in [6.45, 7) is 3.11. The number of piperidine rings is 1. The summed E-state index contributed by atoms with van der Waals surface area (Å²) in [6.07, 6.45) is 4.36. The van der Waals surface area contributed by atoms with Crippen molar-refractivity contribution >= 4 is 17.5 Å². The lowest BCUT2D eigenvalue weighted by atomic mass is 10.0. The monoisotopic (exact) mass is 306 g/mol. The highest BCUT2D eigenvalue weighted by atomic mass is 35.5. The molecule has 1 amide bonds. The van der Waals surface area contributed by atoms with Crippen molar-refractivity contribution in [3.05, 3.63) is 34.9 Å². The summed E-state index contributed by atoms with van der Waals surface area (Å²) in [5.74, 6) is 0.702. The molecule has 1 aliphatic heterocycles. The van der Waals surface area contributed by atoms with Crippen molar-refractivity contribution in [2.45, 2.75) is 38.3 Å². The second-order valence-electron chi connectivity index (χ2n) is 6.36. The van der Waals surface area contributed by atoms with Crippen molar-refractivity contribution in [3.63, 3.8) is 0 Å². The van der Waals surface area contributed by atoms with E-state index in [0.717, 1.165) is 50.3 Å². The molecule has 0 atom stereocenters. The van der Waals surface area contributed by atoms with Gasteiger partial charge in [0.25, 0.3) is 0 Å². The Balaban J connectivity index is 1.48. The van der Waals surface area contributed by atoms with E-state index in [-0.39, 0.29) is 0 Å². The van der Waals surface area contributed by atoms with Crippen LogP contribution in [0, 0.1) is 5.92 Å². The third-order valence-electron chi connectivity index (χ3n) is 4.70. The van der Waals surface area contributed by atoms with Gasteiger partial charge in [0.05, 0.1) is 0 Å². The van der Waals surface area contributed by atoms with Crippen molar-refractivity contribution in [1.82, 2.24) is 9.80 Å². The van der Waals surface area contributed by atoms with Crippen LogP contribution in [0.4, 0.5) is 0 Å². The number of amides is 1. The Morgan fingerprint density at radius 1 is 1.19 bits per heavy atom. The molecule has 1 aromatic rings. The minimum absolute atomic E-state index is 0.335. The van der Waals surface area contributed by atoms with Gasteiger partial charge >= 0.3 is 0 Å². The summed E-state index contributed by atoms with van der Waals surface area (Å²) in [6, 6.07) is 8.52. The Bertz CT molecular complexity index is 490. The molecule has 0 aromatic heterocycles. The van der Waals surface area contributed by atoms with Crippen molar-refractivity contribution in [2.75, 3.05) is 20.1 Å². The van der Waals surface area contributed by atoms with Crippen LogP contribution in [0.2, 0.25) is 5.02 Å². The zero-order chi connectivity index (χ0) is 14.8. The fourth-order valence-corrected chi connectivity index (χ4v) is 3.24. The van der Waals surface area contributed by atoms with Crippen LogP contribution >= 0.6 is 11.6 Å². The minimum Gasteiger partial charge on any atom is -0.342 e. The van der Waals surface area contributed by atoms with Gasteiger partial charge in [0.1, 0.15) is 0 Å². The number of carbonyl (C=O) groups excluding carboxylic acids is 1. The van der Waals surface area contributed by atoms with Crippen molar-refractivity contribution in [3.8, 4) is 0 Å². The molecule has 0 spiro atoms. The van der Waals surface area contributed by atoms with Gasteiger partial charge in [-0.2, -0.15) is 0 Å². The van der Waals surface area contributed by atoms with Crippen LogP contribution in [0.3, 0.4) is 0 Å². The number of halogens is 1. The van der Waals surface area contributed by atoms with Crippen LogP contribution in [0.5, 0.6) is 0 Å². The van der Waals surface area contributed by atoms with Crippen LogP contribution in [-0.4, -0.2) is 41.9 Å². The fraction of sp³-hybridized carbons (Fsp3) is 0.588. The molecule has 2 fully saturated rings. The third-order valence-corrected chi connectivity index (χ3v) is 4.95. The normalized spacial score (nSPS) is 20.5. The smallest absolute Gasteiger partial charge is 0.225 e. The van der Waals surface area contributed by atoms with Gasteiger partial charge in [-0.15, -0.1) is 0 Å². The van der Waals surface area contributed by atoms with E-state index in [0.29, 0.717) is 17.9 Å². The maximum atomic E-state index is 12.1. The standard InChI is InChI=1S/C17H23ClN2O/c1-19(17(21)14-4-5-14)16-8-10-20(11-9-16)12-13-2-6-15(18)7-3-13/h2-3,6-7,14,16H,4-5,8-12H2,1H3. The summed E-state index contributed by atoms with van der Waals surface area (Å²) in [5.41, 5.74) is 1.31. The molecule has 114 valence electrons. The zero-order valence-corrected chi connectivity index (χ0v) is 13.4. The minimum atomic E-state index is 0.335. The number of nitrogens with zero attached hydrogens (tertiary/aromatic N) is 2. The van der Waals surface area contributed by atoms with E-state index in [9.17, 15) is 4.79 Å². The molecule has 1 aromatic carbocycles. The maximum Gasteiger partial charge on any atom is 0.225 e. The molecule has 0 N–H and O–H groups in total. The Morgan fingerprint density at radius 2 is 1.81 bits per heavy atom. The van der Waals surface area contributed by atoms with Gasteiger partial charge in [-0.3, -0.25) is 9.69 Å². The van der Waals surface area contributed by atoms with E-state index >= 15 is 0 Å². The summed E-state index contributed by atoms with van der Waals surface area (Å²) in [4.78, 5) is 16.6. The molecule has 1 saturated carbocycles. The maximum absolute atomic E-state index is 12.1. The van der Waals surface area contributed by atoms with Crippen LogP contribution in [-0.2, 0) is 11.3 Å². The summed E-state index contributed by atoms with van der Waals surface area (Å²) in [7, 11) is 1.99. The van der Waals surface area contributed by atoms with Crippen LogP contribution in [0.1, 0.15) is 31.2 Å². The molecule has 0 bridgehead atoms. The van der Waals surface area contributed by atoms with Gasteiger partial charge in [0, 0.05) is 43.7 Å². The molecule has 2 aliphatic rings. The molecule has 3 nitrogen and oxygen atoms in total. The molecule has 1 heterocycles. The molecule has 0 radical (unpaired) electrons. The number of carbonyl (C=O) groups is 1. The van der Waals surface area contributed by atoms with E-state index < -0.39 is 0 Å². The SMILES string of the molecule is CN(C(=O)C1CC1)C1CCN(Cc2ccc(Cl)cc2)CC1. The third kappa shape index (κ3) is 3.78. The average molecular weight is 307 g/mol. The second kappa shape index (κ2) is 6.37. The number of rotatable bonds is 4. The first-order valence-corrected chi connectivity index (χ1v) is 8.25. The molecule has 21 heavy (non-hydrogen) atoms. The summed E-state index contributed by atoms with van der Waals surface area (Å²) >= 11 is 5.92. The largest absolute Gasteiger partial charge is 0.342 e. The van der Waals surface area contributed by atoms with Gasteiger partial charge in [-0.05, 0) is 43.4 Å². The van der Waals surface area contributed by atoms with Gasteiger partial charge < -0.3 is 4.90 Å². The average Bonchev–Trinajstić information content (AvgIpc) is 3.34. The summed E-state index contributed by atoms with van der Waals surface area (Å²) in [5, 5.41) is 0.790. The Hall–Kier alpha value is -1.06. The Labute approximate surface area is 131 Å².